The van der Waals surface area contributed by atoms with Gasteiger partial charge in [0.15, 0.2) is 6.61 Å². The molecular formula is C21H23BrN2O3. The molecule has 0 aromatic heterocycles. The molecule has 27 heavy (non-hydrogen) atoms. The summed E-state index contributed by atoms with van der Waals surface area (Å²) in [6, 6.07) is 12.7. The Morgan fingerprint density at radius 3 is 2.63 bits per heavy atom. The molecule has 2 amide bonds. The van der Waals surface area contributed by atoms with Crippen LogP contribution in [0.5, 0.6) is 5.75 Å². The number of carbonyl (C=O) groups is 2. The molecule has 5 nitrogen and oxygen atoms in total. The first kappa shape index (κ1) is 19.4. The Hall–Kier alpha value is -2.34. The number of amides is 2. The number of aryl methyl sites for hydroxylation is 1. The fraction of sp³-hybridized carbons (Fsp3) is 0.333. The summed E-state index contributed by atoms with van der Waals surface area (Å²) in [4.78, 5) is 26.7. The van der Waals surface area contributed by atoms with Gasteiger partial charge in [0.05, 0.1) is 0 Å². The van der Waals surface area contributed by atoms with Gasteiger partial charge in [-0.2, -0.15) is 0 Å². The molecular weight excluding hydrogens is 408 g/mol. The minimum atomic E-state index is -0.264. The summed E-state index contributed by atoms with van der Waals surface area (Å²) >= 11 is 3.40. The topological polar surface area (TPSA) is 58.6 Å². The van der Waals surface area contributed by atoms with Gasteiger partial charge >= 0.3 is 0 Å². The van der Waals surface area contributed by atoms with Crippen LogP contribution in [0.25, 0.3) is 0 Å². The monoisotopic (exact) mass is 430 g/mol. The zero-order valence-electron chi connectivity index (χ0n) is 15.3. The summed E-state index contributed by atoms with van der Waals surface area (Å²) in [5, 5.41) is 2.80. The number of carbonyl (C=O) groups excluding carboxylic acids is 2. The summed E-state index contributed by atoms with van der Waals surface area (Å²) in [6.45, 7) is 3.44. The number of nitrogens with one attached hydrogen (secondary N) is 1. The molecule has 0 aliphatic carbocycles. The highest BCUT2D eigenvalue weighted by molar-refractivity contribution is 9.10. The molecule has 0 bridgehead atoms. The molecule has 1 aliphatic rings. The number of anilines is 1. The molecule has 2 aromatic rings. The van der Waals surface area contributed by atoms with Crippen LogP contribution in [0.4, 0.5) is 5.69 Å². The van der Waals surface area contributed by atoms with Crippen molar-refractivity contribution in [3.05, 3.63) is 58.1 Å². The highest BCUT2D eigenvalue weighted by atomic mass is 79.9. The molecule has 0 atom stereocenters. The van der Waals surface area contributed by atoms with E-state index in [0.717, 1.165) is 36.0 Å². The molecule has 1 N–H and O–H groups in total. The van der Waals surface area contributed by atoms with E-state index in [4.69, 9.17) is 4.74 Å². The van der Waals surface area contributed by atoms with Crippen LogP contribution < -0.4 is 10.1 Å². The molecule has 0 spiro atoms. The van der Waals surface area contributed by atoms with Crippen LogP contribution in [-0.4, -0.2) is 36.4 Å². The number of hydrogen-bond acceptors (Lipinski definition) is 3. The zero-order valence-corrected chi connectivity index (χ0v) is 16.9. The first-order valence-electron chi connectivity index (χ1n) is 9.11. The van der Waals surface area contributed by atoms with Gasteiger partial charge in [-0.15, -0.1) is 0 Å². The molecule has 1 heterocycles. The second-order valence-corrected chi connectivity index (χ2v) is 7.60. The van der Waals surface area contributed by atoms with Crippen molar-refractivity contribution in [3.8, 4) is 5.75 Å². The van der Waals surface area contributed by atoms with Crippen LogP contribution >= 0.6 is 15.9 Å². The van der Waals surface area contributed by atoms with E-state index in [0.29, 0.717) is 17.0 Å². The maximum Gasteiger partial charge on any atom is 0.262 e. The van der Waals surface area contributed by atoms with Crippen molar-refractivity contribution < 1.29 is 14.3 Å². The smallest absolute Gasteiger partial charge is 0.262 e. The van der Waals surface area contributed by atoms with Gasteiger partial charge in [-0.1, -0.05) is 22.0 Å². The van der Waals surface area contributed by atoms with Crippen molar-refractivity contribution in [2.75, 3.05) is 25.0 Å². The summed E-state index contributed by atoms with van der Waals surface area (Å²) < 4.78 is 6.56. The van der Waals surface area contributed by atoms with Crippen LogP contribution in [-0.2, 0) is 4.79 Å². The minimum absolute atomic E-state index is 0.0209. The first-order valence-corrected chi connectivity index (χ1v) is 9.90. The molecule has 0 unspecified atom stereocenters. The lowest BCUT2D eigenvalue weighted by Crippen LogP contribution is -2.35. The van der Waals surface area contributed by atoms with Crippen LogP contribution in [0.2, 0.25) is 0 Å². The molecule has 2 aromatic carbocycles. The summed E-state index contributed by atoms with van der Waals surface area (Å²) in [5.74, 6) is 0.426. The average Bonchev–Trinajstić information content (AvgIpc) is 2.67. The van der Waals surface area contributed by atoms with E-state index in [1.54, 1.807) is 24.3 Å². The number of hydrogen-bond donors (Lipinski definition) is 1. The van der Waals surface area contributed by atoms with Gasteiger partial charge in [0.25, 0.3) is 11.8 Å². The van der Waals surface area contributed by atoms with Crippen molar-refractivity contribution in [1.29, 1.82) is 0 Å². The molecule has 6 heteroatoms. The van der Waals surface area contributed by atoms with E-state index in [2.05, 4.69) is 21.2 Å². The van der Waals surface area contributed by atoms with Crippen molar-refractivity contribution in [2.24, 2.45) is 0 Å². The van der Waals surface area contributed by atoms with Gasteiger partial charge < -0.3 is 15.0 Å². The van der Waals surface area contributed by atoms with Crippen LogP contribution in [0.3, 0.4) is 0 Å². The molecule has 0 radical (unpaired) electrons. The lowest BCUT2D eigenvalue weighted by Gasteiger charge is -2.26. The number of halogens is 1. The summed E-state index contributed by atoms with van der Waals surface area (Å²) in [6.07, 6.45) is 3.28. The molecule has 0 saturated carbocycles. The van der Waals surface area contributed by atoms with E-state index < -0.39 is 0 Å². The predicted octanol–water partition coefficient (Wildman–Crippen LogP) is 4.40. The second-order valence-electron chi connectivity index (χ2n) is 6.68. The Balaban J connectivity index is 1.58. The number of benzene rings is 2. The third-order valence-electron chi connectivity index (χ3n) is 4.53. The largest absolute Gasteiger partial charge is 0.483 e. The predicted molar refractivity (Wildman–Crippen MR) is 109 cm³/mol. The Morgan fingerprint density at radius 1 is 1.11 bits per heavy atom. The number of ether oxygens (including phenoxy) is 1. The van der Waals surface area contributed by atoms with E-state index in [-0.39, 0.29) is 18.4 Å². The number of rotatable bonds is 5. The summed E-state index contributed by atoms with van der Waals surface area (Å²) in [7, 11) is 0. The fourth-order valence-electron chi connectivity index (χ4n) is 3.12. The highest BCUT2D eigenvalue weighted by Gasteiger charge is 2.18. The Labute approximate surface area is 167 Å². The maximum absolute atomic E-state index is 12.6. The van der Waals surface area contributed by atoms with E-state index in [1.807, 2.05) is 30.0 Å². The molecule has 142 valence electrons. The Bertz CT molecular complexity index is 832. The molecule has 3 rings (SSSR count). The minimum Gasteiger partial charge on any atom is -0.483 e. The van der Waals surface area contributed by atoms with Crippen molar-refractivity contribution in [1.82, 2.24) is 4.90 Å². The van der Waals surface area contributed by atoms with Crippen LogP contribution in [0.15, 0.2) is 46.9 Å². The van der Waals surface area contributed by atoms with Gasteiger partial charge in [0, 0.05) is 28.8 Å². The number of likely N-dealkylation sites (tertiary alicyclic amines) is 1. The average molecular weight is 431 g/mol. The van der Waals surface area contributed by atoms with Gasteiger partial charge in [-0.3, -0.25) is 9.59 Å². The molecule has 1 fully saturated rings. The molecule has 1 aliphatic heterocycles. The first-order chi connectivity index (χ1) is 13.0. The van der Waals surface area contributed by atoms with Crippen LogP contribution in [0.1, 0.15) is 35.2 Å². The fourth-order valence-corrected chi connectivity index (χ4v) is 3.60. The zero-order chi connectivity index (χ0) is 19.2. The van der Waals surface area contributed by atoms with E-state index in [1.165, 1.54) is 6.42 Å². The second kappa shape index (κ2) is 9.04. The van der Waals surface area contributed by atoms with Crippen molar-refractivity contribution in [2.45, 2.75) is 26.2 Å². The third kappa shape index (κ3) is 5.32. The van der Waals surface area contributed by atoms with E-state index >= 15 is 0 Å². The maximum atomic E-state index is 12.6. The van der Waals surface area contributed by atoms with Crippen molar-refractivity contribution >= 4 is 33.4 Å². The SMILES string of the molecule is Cc1cc(Br)ccc1OCC(=O)Nc1cccc(C(=O)N2CCCCC2)c1. The Morgan fingerprint density at radius 2 is 1.89 bits per heavy atom. The lowest BCUT2D eigenvalue weighted by molar-refractivity contribution is -0.118. The van der Waals surface area contributed by atoms with Gasteiger partial charge in [-0.25, -0.2) is 0 Å². The number of piperidine rings is 1. The standard InChI is InChI=1S/C21H23BrN2O3/c1-15-12-17(22)8-9-19(15)27-14-20(25)23-18-7-5-6-16(13-18)21(26)24-10-3-2-4-11-24/h5-9,12-13H,2-4,10-11,14H2,1H3,(H,23,25). The lowest BCUT2D eigenvalue weighted by atomic mass is 10.1. The van der Waals surface area contributed by atoms with Crippen molar-refractivity contribution in [3.63, 3.8) is 0 Å². The van der Waals surface area contributed by atoms with Crippen LogP contribution in [0, 0.1) is 6.92 Å². The van der Waals surface area contributed by atoms with E-state index in [9.17, 15) is 9.59 Å². The summed E-state index contributed by atoms with van der Waals surface area (Å²) in [5.41, 5.74) is 2.14. The van der Waals surface area contributed by atoms with Gasteiger partial charge in [0.1, 0.15) is 5.75 Å². The number of nitrogens with zero attached hydrogens (tertiary/aromatic N) is 1. The van der Waals surface area contributed by atoms with Gasteiger partial charge in [-0.05, 0) is 68.1 Å². The quantitative estimate of drug-likeness (QED) is 0.764. The third-order valence-corrected chi connectivity index (χ3v) is 5.03. The Kier molecular flexibility index (Phi) is 6.50. The molecule has 1 saturated heterocycles. The highest BCUT2D eigenvalue weighted by Crippen LogP contribution is 2.22. The normalized spacial score (nSPS) is 13.9. The van der Waals surface area contributed by atoms with Gasteiger partial charge in [0.2, 0.25) is 0 Å².